The van der Waals surface area contributed by atoms with Crippen molar-refractivity contribution in [3.8, 4) is 11.5 Å². The number of carbonyl (C=O) groups is 2. The summed E-state index contributed by atoms with van der Waals surface area (Å²) in [5, 5.41) is 2.16. The van der Waals surface area contributed by atoms with E-state index >= 15 is 0 Å². The predicted molar refractivity (Wildman–Crippen MR) is 153 cm³/mol. The summed E-state index contributed by atoms with van der Waals surface area (Å²) in [5.41, 5.74) is 1.90. The molecule has 1 aliphatic heterocycles. The van der Waals surface area contributed by atoms with Crippen LogP contribution in [0.25, 0.3) is 16.8 Å². The van der Waals surface area contributed by atoms with Crippen LogP contribution in [0.15, 0.2) is 59.5 Å². The number of benzene rings is 3. The van der Waals surface area contributed by atoms with Crippen molar-refractivity contribution in [3.05, 3.63) is 74.2 Å². The molecule has 7 heteroatoms. The maximum atomic E-state index is 13.0. The van der Waals surface area contributed by atoms with E-state index in [2.05, 4.69) is 46.9 Å². The van der Waals surface area contributed by atoms with Gasteiger partial charge in [0.2, 0.25) is 0 Å². The van der Waals surface area contributed by atoms with Crippen LogP contribution in [0.5, 0.6) is 11.5 Å². The lowest BCUT2D eigenvalue weighted by Crippen LogP contribution is -2.34. The highest BCUT2D eigenvalue weighted by atomic mass is 127. The molecule has 1 saturated carbocycles. The quantitative estimate of drug-likeness (QED) is 0.203. The number of hydrogen-bond acceptors (Lipinski definition) is 5. The van der Waals surface area contributed by atoms with Crippen molar-refractivity contribution in [2.45, 2.75) is 38.7 Å². The number of halogens is 1. The zero-order chi connectivity index (χ0) is 25.1. The molecule has 2 fully saturated rings. The number of carbonyl (C=O) groups excluding carboxylic acids is 2. The number of amides is 2. The van der Waals surface area contributed by atoms with Gasteiger partial charge >= 0.3 is 0 Å². The molecule has 1 aliphatic carbocycles. The van der Waals surface area contributed by atoms with Crippen LogP contribution in [-0.2, 0) is 11.4 Å². The maximum Gasteiger partial charge on any atom is 0.293 e. The van der Waals surface area contributed by atoms with Gasteiger partial charge in [-0.1, -0.05) is 61.7 Å². The van der Waals surface area contributed by atoms with E-state index in [1.807, 2.05) is 30.3 Å². The van der Waals surface area contributed by atoms with Gasteiger partial charge in [0, 0.05) is 6.54 Å². The molecule has 5 rings (SSSR count). The van der Waals surface area contributed by atoms with Crippen LogP contribution in [0.3, 0.4) is 0 Å². The summed E-state index contributed by atoms with van der Waals surface area (Å²) in [5.74, 6) is 1.48. The summed E-state index contributed by atoms with van der Waals surface area (Å²) in [6.07, 6.45) is 7.59. The molecule has 5 nitrogen and oxygen atoms in total. The molecule has 0 unspecified atom stereocenters. The first-order chi connectivity index (χ1) is 17.5. The Balaban J connectivity index is 1.34. The highest BCUT2D eigenvalue weighted by Gasteiger charge is 2.36. The van der Waals surface area contributed by atoms with E-state index in [-0.39, 0.29) is 11.1 Å². The van der Waals surface area contributed by atoms with E-state index in [0.717, 1.165) is 44.7 Å². The Labute approximate surface area is 229 Å². The molecule has 0 aromatic heterocycles. The second-order valence-electron chi connectivity index (χ2n) is 9.26. The minimum Gasteiger partial charge on any atom is -0.493 e. The van der Waals surface area contributed by atoms with Gasteiger partial charge < -0.3 is 9.47 Å². The van der Waals surface area contributed by atoms with Gasteiger partial charge in [-0.2, -0.15) is 0 Å². The van der Waals surface area contributed by atoms with Crippen molar-refractivity contribution in [2.24, 2.45) is 5.92 Å². The van der Waals surface area contributed by atoms with Crippen LogP contribution >= 0.6 is 34.4 Å². The largest absolute Gasteiger partial charge is 0.493 e. The molecule has 1 saturated heterocycles. The number of imide groups is 1. The summed E-state index contributed by atoms with van der Waals surface area (Å²) in [6, 6.07) is 18.3. The fourth-order valence-corrected chi connectivity index (χ4v) is 6.60. The van der Waals surface area contributed by atoms with Crippen LogP contribution in [0.2, 0.25) is 0 Å². The molecule has 0 radical (unpaired) electrons. The third kappa shape index (κ3) is 5.42. The standard InChI is InChI=1S/C29H28INO4S/c1-34-25-15-20(16-26-28(32)31(29(33)36-26)17-19-8-3-2-4-9-19)14-24(30)27(25)35-18-22-12-7-11-21-10-5-6-13-23(21)22/h5-7,10-16,19H,2-4,8-9,17-18H2,1H3/b26-16+. The van der Waals surface area contributed by atoms with Gasteiger partial charge in [-0.15, -0.1) is 0 Å². The van der Waals surface area contributed by atoms with Crippen molar-refractivity contribution in [1.82, 2.24) is 4.90 Å². The normalized spacial score (nSPS) is 17.8. The number of methoxy groups -OCH3 is 1. The smallest absolute Gasteiger partial charge is 0.293 e. The molecule has 2 amide bonds. The molecular formula is C29H28INO4S. The van der Waals surface area contributed by atoms with Crippen LogP contribution < -0.4 is 9.47 Å². The second-order valence-corrected chi connectivity index (χ2v) is 11.4. The van der Waals surface area contributed by atoms with Crippen molar-refractivity contribution in [1.29, 1.82) is 0 Å². The lowest BCUT2D eigenvalue weighted by molar-refractivity contribution is -0.123. The van der Waals surface area contributed by atoms with Crippen LogP contribution in [0, 0.1) is 9.49 Å². The van der Waals surface area contributed by atoms with E-state index in [4.69, 9.17) is 9.47 Å². The van der Waals surface area contributed by atoms with Crippen LogP contribution in [0.4, 0.5) is 4.79 Å². The minimum atomic E-state index is -0.194. The Bertz CT molecular complexity index is 1330. The van der Waals surface area contributed by atoms with E-state index in [0.29, 0.717) is 35.5 Å². The highest BCUT2D eigenvalue weighted by molar-refractivity contribution is 14.1. The predicted octanol–water partition coefficient (Wildman–Crippen LogP) is 7.65. The first kappa shape index (κ1) is 25.1. The highest BCUT2D eigenvalue weighted by Crippen LogP contribution is 2.38. The number of nitrogens with zero attached hydrogens (tertiary/aromatic N) is 1. The van der Waals surface area contributed by atoms with E-state index in [1.54, 1.807) is 13.2 Å². The fourth-order valence-electron chi connectivity index (χ4n) is 4.97. The lowest BCUT2D eigenvalue weighted by Gasteiger charge is -2.25. The molecule has 2 aliphatic rings. The number of fused-ring (bicyclic) bond motifs is 1. The Morgan fingerprint density at radius 2 is 1.83 bits per heavy atom. The molecule has 186 valence electrons. The molecule has 3 aromatic rings. The number of hydrogen-bond donors (Lipinski definition) is 0. The van der Waals surface area contributed by atoms with Crippen molar-refractivity contribution >= 4 is 62.3 Å². The van der Waals surface area contributed by atoms with E-state index in [9.17, 15) is 9.59 Å². The monoisotopic (exact) mass is 613 g/mol. The number of rotatable bonds is 7. The van der Waals surface area contributed by atoms with E-state index in [1.165, 1.54) is 29.5 Å². The zero-order valence-corrected chi connectivity index (χ0v) is 23.1. The molecule has 0 atom stereocenters. The molecule has 3 aromatic carbocycles. The fraction of sp³-hybridized carbons (Fsp3) is 0.310. The molecule has 1 heterocycles. The number of thioether (sulfide) groups is 1. The first-order valence-corrected chi connectivity index (χ1v) is 14.2. The number of ether oxygens (including phenoxy) is 2. The topological polar surface area (TPSA) is 55.8 Å². The average molecular weight is 614 g/mol. The summed E-state index contributed by atoms with van der Waals surface area (Å²) >= 11 is 3.25. The molecule has 0 N–H and O–H groups in total. The van der Waals surface area contributed by atoms with Crippen LogP contribution in [-0.4, -0.2) is 29.7 Å². The van der Waals surface area contributed by atoms with Gasteiger partial charge in [0.25, 0.3) is 11.1 Å². The molecule has 36 heavy (non-hydrogen) atoms. The van der Waals surface area contributed by atoms with Gasteiger partial charge in [-0.25, -0.2) is 0 Å². The summed E-state index contributed by atoms with van der Waals surface area (Å²) in [7, 11) is 1.61. The Morgan fingerprint density at radius 3 is 2.64 bits per heavy atom. The summed E-state index contributed by atoms with van der Waals surface area (Å²) in [6.45, 7) is 0.941. The van der Waals surface area contributed by atoms with Gasteiger partial charge in [0.05, 0.1) is 15.6 Å². The Morgan fingerprint density at radius 1 is 1.06 bits per heavy atom. The minimum absolute atomic E-state index is 0.173. The van der Waals surface area contributed by atoms with Crippen molar-refractivity contribution in [3.63, 3.8) is 0 Å². The zero-order valence-electron chi connectivity index (χ0n) is 20.2. The van der Waals surface area contributed by atoms with E-state index < -0.39 is 0 Å². The van der Waals surface area contributed by atoms with Gasteiger partial charge in [-0.05, 0) is 93.2 Å². The molecule has 0 bridgehead atoms. The van der Waals surface area contributed by atoms with Gasteiger partial charge in [0.1, 0.15) is 6.61 Å². The average Bonchev–Trinajstić information content (AvgIpc) is 3.15. The second kappa shape index (κ2) is 11.3. The van der Waals surface area contributed by atoms with Gasteiger partial charge in [-0.3, -0.25) is 14.5 Å². The van der Waals surface area contributed by atoms with Crippen LogP contribution in [0.1, 0.15) is 43.2 Å². The lowest BCUT2D eigenvalue weighted by atomic mass is 9.89. The van der Waals surface area contributed by atoms with Crippen molar-refractivity contribution in [2.75, 3.05) is 13.7 Å². The Kier molecular flexibility index (Phi) is 7.86. The van der Waals surface area contributed by atoms with Crippen molar-refractivity contribution < 1.29 is 19.1 Å². The maximum absolute atomic E-state index is 13.0. The molecule has 0 spiro atoms. The van der Waals surface area contributed by atoms with Gasteiger partial charge in [0.15, 0.2) is 11.5 Å². The summed E-state index contributed by atoms with van der Waals surface area (Å²) < 4.78 is 12.8. The Hall–Kier alpha value is -2.52. The summed E-state index contributed by atoms with van der Waals surface area (Å²) in [4.78, 5) is 27.5. The third-order valence-corrected chi connectivity index (χ3v) is 8.55. The SMILES string of the molecule is COc1cc(/C=C2/SC(=O)N(CC3CCCCC3)C2=O)cc(I)c1OCc1cccc2ccccc12. The first-order valence-electron chi connectivity index (χ1n) is 12.3. The molecular weight excluding hydrogens is 585 g/mol. The third-order valence-electron chi connectivity index (χ3n) is 6.84.